The zero-order valence-corrected chi connectivity index (χ0v) is 7.12. The highest BCUT2D eigenvalue weighted by Crippen LogP contribution is 1.99. The number of rotatable bonds is 1. The number of aldehydes is 1. The summed E-state index contributed by atoms with van der Waals surface area (Å²) in [5, 5.41) is 0. The van der Waals surface area contributed by atoms with E-state index in [9.17, 15) is 4.39 Å². The Balaban J connectivity index is 0.000000354. The molecule has 0 amide bonds. The maximum absolute atomic E-state index is 12.5. The van der Waals surface area contributed by atoms with E-state index in [1.54, 1.807) is 0 Å². The smallest absolute Gasteiger partial charge is 0.162 e. The number of carbonyl (C=O) groups excluding carboxylic acids is 1. The molecule has 0 unspecified atom stereocenters. The molecular formula is C8H11FN2O. The predicted octanol–water partition coefficient (Wildman–Crippen LogP) is 1.38. The van der Waals surface area contributed by atoms with E-state index in [0.717, 1.165) is 6.29 Å². The maximum Gasteiger partial charge on any atom is 0.162 e. The summed E-state index contributed by atoms with van der Waals surface area (Å²) in [6, 6.07) is 0. The lowest BCUT2D eigenvalue weighted by atomic mass is 10.3. The van der Waals surface area contributed by atoms with Crippen LogP contribution >= 0.6 is 0 Å². The maximum atomic E-state index is 12.5. The normalized spacial score (nSPS) is 8.25. The van der Waals surface area contributed by atoms with Gasteiger partial charge in [-0.05, 0) is 13.3 Å². The summed E-state index contributed by atoms with van der Waals surface area (Å²) in [6.45, 7) is 3.30. The minimum atomic E-state index is -0.319. The van der Waals surface area contributed by atoms with Crippen molar-refractivity contribution < 1.29 is 9.18 Å². The first-order valence-electron chi connectivity index (χ1n) is 3.60. The minimum Gasteiger partial charge on any atom is -0.304 e. The summed E-state index contributed by atoms with van der Waals surface area (Å²) < 4.78 is 12.5. The molecule has 0 aliphatic carbocycles. The van der Waals surface area contributed by atoms with E-state index >= 15 is 0 Å². The molecule has 0 saturated carbocycles. The molecule has 1 heterocycles. The average molecular weight is 170 g/mol. The van der Waals surface area contributed by atoms with E-state index in [1.165, 1.54) is 19.4 Å². The monoisotopic (exact) mass is 170 g/mol. The van der Waals surface area contributed by atoms with Crippen molar-refractivity contribution in [2.24, 2.45) is 0 Å². The summed E-state index contributed by atoms with van der Waals surface area (Å²) in [5.41, 5.74) is 0.477. The Morgan fingerprint density at radius 2 is 2.25 bits per heavy atom. The molecule has 0 fully saturated rings. The number of halogens is 1. The van der Waals surface area contributed by atoms with Gasteiger partial charge in [0.1, 0.15) is 12.6 Å². The highest BCUT2D eigenvalue weighted by molar-refractivity contribution is 5.44. The van der Waals surface area contributed by atoms with Gasteiger partial charge in [-0.1, -0.05) is 6.92 Å². The minimum absolute atomic E-state index is 0.319. The van der Waals surface area contributed by atoms with Crippen molar-refractivity contribution in [3.63, 3.8) is 0 Å². The fraction of sp³-hybridized carbons (Fsp3) is 0.375. The van der Waals surface area contributed by atoms with E-state index in [4.69, 9.17) is 4.79 Å². The van der Waals surface area contributed by atoms with Gasteiger partial charge in [-0.2, -0.15) is 0 Å². The first kappa shape index (κ1) is 10.7. The van der Waals surface area contributed by atoms with Crippen LogP contribution in [-0.4, -0.2) is 16.3 Å². The van der Waals surface area contributed by atoms with Gasteiger partial charge in [0.15, 0.2) is 5.82 Å². The van der Waals surface area contributed by atoms with E-state index in [0.29, 0.717) is 12.1 Å². The lowest BCUT2D eigenvalue weighted by Crippen LogP contribution is -1.92. The molecule has 0 bridgehead atoms. The van der Waals surface area contributed by atoms with Gasteiger partial charge >= 0.3 is 0 Å². The van der Waals surface area contributed by atoms with E-state index in [1.807, 2.05) is 6.92 Å². The van der Waals surface area contributed by atoms with Crippen LogP contribution in [0.1, 0.15) is 19.5 Å². The lowest BCUT2D eigenvalue weighted by molar-refractivity contribution is -0.106. The number of hydrogen-bond acceptors (Lipinski definition) is 3. The van der Waals surface area contributed by atoms with Gasteiger partial charge in [0.05, 0.1) is 11.9 Å². The molecule has 1 rings (SSSR count). The Kier molecular flexibility index (Phi) is 5.69. The highest BCUT2D eigenvalue weighted by atomic mass is 19.1. The van der Waals surface area contributed by atoms with Crippen LogP contribution in [0.5, 0.6) is 0 Å². The Bertz CT molecular complexity index is 240. The molecular weight excluding hydrogens is 159 g/mol. The summed E-state index contributed by atoms with van der Waals surface area (Å²) >= 11 is 0. The second kappa shape index (κ2) is 6.39. The predicted molar refractivity (Wildman–Crippen MR) is 43.1 cm³/mol. The second-order valence-corrected chi connectivity index (χ2v) is 1.91. The summed E-state index contributed by atoms with van der Waals surface area (Å²) in [4.78, 5) is 16.0. The Labute approximate surface area is 70.7 Å². The molecule has 12 heavy (non-hydrogen) atoms. The van der Waals surface area contributed by atoms with Crippen molar-refractivity contribution in [3.05, 3.63) is 24.0 Å². The van der Waals surface area contributed by atoms with Crippen molar-refractivity contribution in [1.29, 1.82) is 0 Å². The highest BCUT2D eigenvalue weighted by Gasteiger charge is 1.96. The zero-order valence-electron chi connectivity index (χ0n) is 7.12. The van der Waals surface area contributed by atoms with Crippen LogP contribution < -0.4 is 0 Å². The number of hydrogen-bond donors (Lipinski definition) is 0. The number of aryl methyl sites for hydroxylation is 1. The van der Waals surface area contributed by atoms with Crippen LogP contribution in [0.4, 0.5) is 4.39 Å². The number of carbonyl (C=O) groups is 1. The topological polar surface area (TPSA) is 42.9 Å². The summed E-state index contributed by atoms with van der Waals surface area (Å²) in [5.74, 6) is -0.319. The van der Waals surface area contributed by atoms with E-state index in [2.05, 4.69) is 9.97 Å². The Morgan fingerprint density at radius 1 is 1.67 bits per heavy atom. The van der Waals surface area contributed by atoms with Crippen molar-refractivity contribution in [3.8, 4) is 0 Å². The Morgan fingerprint density at radius 3 is 2.58 bits per heavy atom. The first-order chi connectivity index (χ1) is 5.76. The SMILES string of the molecule is CC=O.CCc1ncncc1F. The summed E-state index contributed by atoms with van der Waals surface area (Å²) in [7, 11) is 0. The number of nitrogens with zero attached hydrogens (tertiary/aromatic N) is 2. The number of aromatic nitrogens is 2. The van der Waals surface area contributed by atoms with E-state index < -0.39 is 0 Å². The van der Waals surface area contributed by atoms with Crippen LogP contribution in [0.15, 0.2) is 12.5 Å². The van der Waals surface area contributed by atoms with Crippen LogP contribution in [0.25, 0.3) is 0 Å². The molecule has 0 atom stereocenters. The van der Waals surface area contributed by atoms with Crippen LogP contribution in [0.2, 0.25) is 0 Å². The van der Waals surface area contributed by atoms with Gasteiger partial charge in [-0.3, -0.25) is 0 Å². The molecule has 0 aromatic carbocycles. The van der Waals surface area contributed by atoms with Gasteiger partial charge in [0.2, 0.25) is 0 Å². The quantitative estimate of drug-likeness (QED) is 0.598. The standard InChI is InChI=1S/C6H7FN2.C2H4O/c1-2-6-5(7)3-8-4-9-6;1-2-3/h3-4H,2H2,1H3;2H,1H3. The molecule has 4 heteroatoms. The van der Waals surface area contributed by atoms with Gasteiger partial charge in [-0.25, -0.2) is 14.4 Å². The fourth-order valence-electron chi connectivity index (χ4n) is 0.598. The van der Waals surface area contributed by atoms with Gasteiger partial charge < -0.3 is 4.79 Å². The molecule has 1 aromatic rings. The van der Waals surface area contributed by atoms with Crippen molar-refractivity contribution in [1.82, 2.24) is 9.97 Å². The van der Waals surface area contributed by atoms with Crippen molar-refractivity contribution in [2.45, 2.75) is 20.3 Å². The van der Waals surface area contributed by atoms with E-state index in [-0.39, 0.29) is 5.82 Å². The van der Waals surface area contributed by atoms with Crippen LogP contribution in [0, 0.1) is 5.82 Å². The molecule has 0 spiro atoms. The van der Waals surface area contributed by atoms with Gasteiger partial charge in [0, 0.05) is 0 Å². The van der Waals surface area contributed by atoms with Crippen molar-refractivity contribution >= 4 is 6.29 Å². The molecule has 0 radical (unpaired) electrons. The molecule has 0 N–H and O–H groups in total. The zero-order chi connectivity index (χ0) is 9.40. The third-order valence-corrected chi connectivity index (χ3v) is 1.08. The third kappa shape index (κ3) is 3.75. The summed E-state index contributed by atoms with van der Waals surface area (Å²) in [6.07, 6.45) is 3.89. The van der Waals surface area contributed by atoms with Crippen LogP contribution in [0.3, 0.4) is 0 Å². The van der Waals surface area contributed by atoms with Gasteiger partial charge in [-0.15, -0.1) is 0 Å². The lowest BCUT2D eigenvalue weighted by Gasteiger charge is -1.92. The van der Waals surface area contributed by atoms with Crippen LogP contribution in [-0.2, 0) is 11.2 Å². The average Bonchev–Trinajstić information content (AvgIpc) is 2.07. The molecule has 0 saturated heterocycles. The largest absolute Gasteiger partial charge is 0.304 e. The second-order valence-electron chi connectivity index (χ2n) is 1.91. The van der Waals surface area contributed by atoms with Crippen molar-refractivity contribution in [2.75, 3.05) is 0 Å². The fourth-order valence-corrected chi connectivity index (χ4v) is 0.598. The molecule has 66 valence electrons. The first-order valence-corrected chi connectivity index (χ1v) is 3.60. The molecule has 3 nitrogen and oxygen atoms in total. The third-order valence-electron chi connectivity index (χ3n) is 1.08. The molecule has 0 aliphatic rings. The molecule has 1 aromatic heterocycles. The molecule has 0 aliphatic heterocycles. The Hall–Kier alpha value is -1.32. The van der Waals surface area contributed by atoms with Gasteiger partial charge in [0.25, 0.3) is 0 Å².